The molecule has 0 bridgehead atoms. The second-order valence-corrected chi connectivity index (χ2v) is 2.69. The fourth-order valence-corrected chi connectivity index (χ4v) is 1.12. The minimum Gasteiger partial charge on any atom is -0.390 e. The van der Waals surface area contributed by atoms with Gasteiger partial charge in [-0.05, 0) is 13.0 Å². The lowest BCUT2D eigenvalue weighted by molar-refractivity contribution is 1.37. The van der Waals surface area contributed by atoms with Crippen LogP contribution in [0.2, 0.25) is 0 Å². The van der Waals surface area contributed by atoms with Crippen LogP contribution in [0.4, 0.5) is 0 Å². The van der Waals surface area contributed by atoms with Crippen LogP contribution < -0.4 is 5.73 Å². The van der Waals surface area contributed by atoms with Crippen molar-refractivity contribution in [2.24, 2.45) is 15.7 Å². The van der Waals surface area contributed by atoms with E-state index in [1.54, 1.807) is 7.05 Å². The summed E-state index contributed by atoms with van der Waals surface area (Å²) >= 11 is 0. The molecule has 0 aliphatic carbocycles. The molecule has 68 valence electrons. The number of amidine groups is 1. The highest BCUT2D eigenvalue weighted by molar-refractivity contribution is 6.02. The summed E-state index contributed by atoms with van der Waals surface area (Å²) in [4.78, 5) is 7.98. The lowest BCUT2D eigenvalue weighted by Crippen LogP contribution is -2.01. The number of aliphatic imine (C=N–C) groups is 2. The fourth-order valence-electron chi connectivity index (χ4n) is 1.12. The Bertz CT molecular complexity index is 340. The molecule has 3 nitrogen and oxygen atoms in total. The highest BCUT2D eigenvalue weighted by Crippen LogP contribution is 2.05. The first kappa shape index (κ1) is 9.45. The van der Waals surface area contributed by atoms with Crippen LogP contribution in [0.3, 0.4) is 0 Å². The first-order valence-electron chi connectivity index (χ1n) is 4.06. The van der Waals surface area contributed by atoms with E-state index >= 15 is 0 Å². The molecule has 1 rings (SSSR count). The Balaban J connectivity index is 3.06. The second kappa shape index (κ2) is 4.40. The Hall–Kier alpha value is -1.64. The molecule has 0 saturated heterocycles. The summed E-state index contributed by atoms with van der Waals surface area (Å²) in [6.45, 7) is 2.03. The van der Waals surface area contributed by atoms with Crippen molar-refractivity contribution in [2.45, 2.75) is 6.92 Å². The maximum Gasteiger partial charge on any atom is 0.155 e. The van der Waals surface area contributed by atoms with E-state index in [4.69, 9.17) is 5.73 Å². The number of nitrogens with two attached hydrogens (primary N) is 1. The molecule has 0 spiro atoms. The minimum atomic E-state index is 0.659. The number of hydrogen-bond acceptors (Lipinski definition) is 1. The third-order valence-corrected chi connectivity index (χ3v) is 1.68. The molecule has 3 heteroatoms. The van der Waals surface area contributed by atoms with Crippen LogP contribution in [0.5, 0.6) is 0 Å². The van der Waals surface area contributed by atoms with Crippen LogP contribution in [0.15, 0.2) is 34.3 Å². The number of nitrogens with zero attached hydrogens (tertiary/aromatic N) is 2. The first-order chi connectivity index (χ1) is 6.27. The van der Waals surface area contributed by atoms with Gasteiger partial charge in [-0.2, -0.15) is 0 Å². The van der Waals surface area contributed by atoms with Gasteiger partial charge >= 0.3 is 0 Å². The van der Waals surface area contributed by atoms with Crippen LogP contribution >= 0.6 is 0 Å². The molecule has 0 fully saturated rings. The Morgan fingerprint density at radius 2 is 2.23 bits per heavy atom. The van der Waals surface area contributed by atoms with Gasteiger partial charge in [-0.3, -0.25) is 4.99 Å². The average Bonchev–Trinajstić information content (AvgIpc) is 2.14. The fraction of sp³-hybridized carbons (Fsp3) is 0.200. The van der Waals surface area contributed by atoms with Gasteiger partial charge in [0.25, 0.3) is 0 Å². The van der Waals surface area contributed by atoms with Gasteiger partial charge in [0.1, 0.15) is 0 Å². The highest BCUT2D eigenvalue weighted by atomic mass is 14.9. The minimum absolute atomic E-state index is 0.659. The lowest BCUT2D eigenvalue weighted by Gasteiger charge is -2.00. The molecular formula is C10H13N3. The summed E-state index contributed by atoms with van der Waals surface area (Å²) in [5, 5.41) is 0. The van der Waals surface area contributed by atoms with Crippen molar-refractivity contribution >= 4 is 12.2 Å². The molecule has 0 unspecified atom stereocenters. The van der Waals surface area contributed by atoms with Crippen molar-refractivity contribution in [2.75, 3.05) is 7.05 Å². The van der Waals surface area contributed by atoms with E-state index in [1.807, 2.05) is 31.2 Å². The number of rotatable bonds is 1. The third kappa shape index (κ3) is 2.40. The molecule has 0 aliphatic heterocycles. The standard InChI is InChI=1S/C10H13N3/c1-8-4-3-5-9(6-8)10(12-2)13-7-11/h3-7H,1-2H3,(H2,11,12,13). The summed E-state index contributed by atoms with van der Waals surface area (Å²) in [5.41, 5.74) is 7.38. The van der Waals surface area contributed by atoms with Gasteiger partial charge in [-0.15, -0.1) is 0 Å². The zero-order valence-electron chi connectivity index (χ0n) is 7.86. The highest BCUT2D eigenvalue weighted by Gasteiger charge is 1.98. The van der Waals surface area contributed by atoms with Gasteiger partial charge in [-0.1, -0.05) is 23.8 Å². The van der Waals surface area contributed by atoms with Gasteiger partial charge in [0.2, 0.25) is 0 Å². The zero-order valence-corrected chi connectivity index (χ0v) is 7.86. The molecule has 2 N–H and O–H groups in total. The summed E-state index contributed by atoms with van der Waals surface area (Å²) in [6, 6.07) is 7.99. The van der Waals surface area contributed by atoms with Gasteiger partial charge in [0.05, 0.1) is 6.34 Å². The molecule has 0 heterocycles. The van der Waals surface area contributed by atoms with Crippen molar-refractivity contribution in [3.63, 3.8) is 0 Å². The summed E-state index contributed by atoms with van der Waals surface area (Å²) in [5.74, 6) is 0.659. The van der Waals surface area contributed by atoms with Crippen LogP contribution in [0, 0.1) is 6.92 Å². The molecule has 0 radical (unpaired) electrons. The van der Waals surface area contributed by atoms with E-state index in [0.717, 1.165) is 5.56 Å². The Labute approximate surface area is 78.0 Å². The van der Waals surface area contributed by atoms with Crippen LogP contribution in [0.1, 0.15) is 11.1 Å². The zero-order chi connectivity index (χ0) is 9.68. The average molecular weight is 175 g/mol. The maximum absolute atomic E-state index is 5.21. The SMILES string of the molecule is CN=C(N=CN)c1cccc(C)c1. The van der Waals surface area contributed by atoms with Crippen molar-refractivity contribution in [1.29, 1.82) is 0 Å². The van der Waals surface area contributed by atoms with Crippen molar-refractivity contribution < 1.29 is 0 Å². The molecule has 0 atom stereocenters. The molecule has 0 amide bonds. The van der Waals surface area contributed by atoms with E-state index in [2.05, 4.69) is 9.98 Å². The Morgan fingerprint density at radius 1 is 1.46 bits per heavy atom. The summed E-state index contributed by atoms with van der Waals surface area (Å²) < 4.78 is 0. The molecule has 0 aromatic heterocycles. The number of benzene rings is 1. The van der Waals surface area contributed by atoms with Crippen LogP contribution in [0.25, 0.3) is 0 Å². The largest absolute Gasteiger partial charge is 0.390 e. The molecule has 1 aromatic carbocycles. The summed E-state index contributed by atoms with van der Waals surface area (Å²) in [6.07, 6.45) is 1.25. The van der Waals surface area contributed by atoms with Crippen molar-refractivity contribution in [3.05, 3.63) is 35.4 Å². The summed E-state index contributed by atoms with van der Waals surface area (Å²) in [7, 11) is 1.70. The molecule has 0 saturated carbocycles. The second-order valence-electron chi connectivity index (χ2n) is 2.69. The van der Waals surface area contributed by atoms with Gasteiger partial charge in [-0.25, -0.2) is 4.99 Å². The smallest absolute Gasteiger partial charge is 0.155 e. The maximum atomic E-state index is 5.21. The third-order valence-electron chi connectivity index (χ3n) is 1.68. The number of hydrogen-bond donors (Lipinski definition) is 1. The topological polar surface area (TPSA) is 50.7 Å². The molecule has 1 aromatic rings. The van der Waals surface area contributed by atoms with E-state index in [-0.39, 0.29) is 0 Å². The monoisotopic (exact) mass is 175 g/mol. The van der Waals surface area contributed by atoms with Crippen molar-refractivity contribution in [1.82, 2.24) is 0 Å². The lowest BCUT2D eigenvalue weighted by atomic mass is 10.1. The van der Waals surface area contributed by atoms with E-state index in [9.17, 15) is 0 Å². The molecule has 0 aliphatic rings. The van der Waals surface area contributed by atoms with Crippen molar-refractivity contribution in [3.8, 4) is 0 Å². The molecular weight excluding hydrogens is 162 g/mol. The van der Waals surface area contributed by atoms with Gasteiger partial charge in [0, 0.05) is 12.6 Å². The molecule has 13 heavy (non-hydrogen) atoms. The Morgan fingerprint density at radius 3 is 2.77 bits per heavy atom. The van der Waals surface area contributed by atoms with E-state index in [1.165, 1.54) is 11.9 Å². The quantitative estimate of drug-likeness (QED) is 0.508. The Kier molecular flexibility index (Phi) is 3.20. The normalized spacial score (nSPS) is 12.3. The van der Waals surface area contributed by atoms with Crippen LogP contribution in [-0.2, 0) is 0 Å². The van der Waals surface area contributed by atoms with Gasteiger partial charge in [0.15, 0.2) is 5.84 Å². The number of aryl methyl sites for hydroxylation is 1. The van der Waals surface area contributed by atoms with E-state index < -0.39 is 0 Å². The van der Waals surface area contributed by atoms with E-state index in [0.29, 0.717) is 5.84 Å². The van der Waals surface area contributed by atoms with Crippen LogP contribution in [-0.4, -0.2) is 19.2 Å². The van der Waals surface area contributed by atoms with Gasteiger partial charge < -0.3 is 5.73 Å². The predicted molar refractivity (Wildman–Crippen MR) is 56.3 cm³/mol. The first-order valence-corrected chi connectivity index (χ1v) is 4.06. The predicted octanol–water partition coefficient (Wildman–Crippen LogP) is 1.36.